The molecule has 6 unspecified atom stereocenters. The van der Waals surface area contributed by atoms with E-state index in [1.807, 2.05) is 26.0 Å². The van der Waals surface area contributed by atoms with Gasteiger partial charge in [0.25, 0.3) is 0 Å². The molecular weight excluding hydrogens is 798 g/mol. The number of fused-ring (bicyclic) bond motifs is 2. The highest BCUT2D eigenvalue weighted by molar-refractivity contribution is 6.18. The van der Waals surface area contributed by atoms with E-state index in [2.05, 4.69) is 24.9 Å². The molecule has 1 saturated carbocycles. The summed E-state index contributed by atoms with van der Waals surface area (Å²) in [6.07, 6.45) is 20.6. The minimum atomic E-state index is -1.40. The van der Waals surface area contributed by atoms with Crippen LogP contribution in [0.5, 0.6) is 11.5 Å². The second-order valence-electron chi connectivity index (χ2n) is 16.7. The van der Waals surface area contributed by atoms with E-state index in [0.29, 0.717) is 56.2 Å². The van der Waals surface area contributed by atoms with Gasteiger partial charge in [0.15, 0.2) is 0 Å². The van der Waals surface area contributed by atoms with E-state index < -0.39 is 29.9 Å². The Morgan fingerprint density at radius 3 is 2.33 bits per heavy atom. The normalized spacial score (nSPS) is 23.3. The van der Waals surface area contributed by atoms with Gasteiger partial charge in [-0.25, -0.2) is 9.59 Å². The van der Waals surface area contributed by atoms with E-state index in [4.69, 9.17) is 40.5 Å². The Kier molecular flexibility index (Phi) is 22.8. The maximum Gasteiger partial charge on any atom is 0.412 e. The van der Waals surface area contributed by atoms with Crippen molar-refractivity contribution in [1.82, 2.24) is 10.2 Å². The summed E-state index contributed by atoms with van der Waals surface area (Å²) >= 11 is 6.00. The number of carbonyl (C=O) groups is 2. The van der Waals surface area contributed by atoms with E-state index in [1.54, 1.807) is 17.0 Å². The van der Waals surface area contributed by atoms with Crippen LogP contribution in [0.25, 0.3) is 0 Å². The molecular formula is C48H76ClN3O9. The molecule has 2 amide bonds. The smallest absolute Gasteiger partial charge is 0.412 e. The standard InChI is InChI=1S/C48H76ClN3O9/c1-5-9-10-11-12-13-14-15-16-19-27-50-46(55)60-37-24-25-42-40(34-37)44-38(23-18-21-30-54)36(22-17-20-29-53)33-39-41(51-59-8-4)35-43(48(61-42,45(39)44)58-31-7-3)52(28-6-2)47(56)57-32-26-49/h7,24-25,33-34,36,38,43-45,53-54H,3,5-6,8-23,26-32,35H2,1-2,4H3,(H,50,55). The predicted molar refractivity (Wildman–Crippen MR) is 242 cm³/mol. The van der Waals surface area contributed by atoms with Crippen LogP contribution in [0.15, 0.2) is 47.7 Å². The summed E-state index contributed by atoms with van der Waals surface area (Å²) in [4.78, 5) is 34.7. The number of aliphatic hydroxyl groups is 2. The molecule has 1 aromatic carbocycles. The first kappa shape index (κ1) is 50.3. The van der Waals surface area contributed by atoms with Gasteiger partial charge in [-0.1, -0.05) is 102 Å². The van der Waals surface area contributed by atoms with E-state index in [1.165, 1.54) is 44.9 Å². The summed E-state index contributed by atoms with van der Waals surface area (Å²) in [7, 11) is 0. The average Bonchev–Trinajstić information content (AvgIpc) is 3.26. The van der Waals surface area contributed by atoms with Gasteiger partial charge in [-0.15, -0.1) is 18.2 Å². The van der Waals surface area contributed by atoms with Crippen LogP contribution in [-0.4, -0.2) is 96.8 Å². The van der Waals surface area contributed by atoms with E-state index in [9.17, 15) is 19.8 Å². The van der Waals surface area contributed by atoms with Crippen LogP contribution < -0.4 is 14.8 Å². The number of hydrogen-bond donors (Lipinski definition) is 3. The number of rotatable bonds is 30. The van der Waals surface area contributed by atoms with Crippen molar-refractivity contribution in [2.75, 3.05) is 52.0 Å². The Morgan fingerprint density at radius 2 is 1.67 bits per heavy atom. The number of carbonyl (C=O) groups excluding carboxylic acids is 2. The molecule has 1 heterocycles. The molecule has 3 aliphatic rings. The summed E-state index contributed by atoms with van der Waals surface area (Å²) in [5.41, 5.74) is 2.51. The van der Waals surface area contributed by atoms with Crippen molar-refractivity contribution >= 4 is 29.5 Å². The minimum Gasteiger partial charge on any atom is -0.459 e. The molecule has 4 rings (SSSR count). The second kappa shape index (κ2) is 27.7. The molecule has 61 heavy (non-hydrogen) atoms. The van der Waals surface area contributed by atoms with Crippen molar-refractivity contribution in [2.24, 2.45) is 22.9 Å². The SMILES string of the molecule is C=CCOC12Oc3ccc(OC(=O)NCCCCCCCCCCCC)cc3C3C(CCCCO)C(CCCCO)C=C(C(=NOCC)CC1N(CCC)C(=O)OCCCl)C32. The van der Waals surface area contributed by atoms with Crippen molar-refractivity contribution in [2.45, 2.75) is 154 Å². The number of nitrogens with zero attached hydrogens (tertiary/aromatic N) is 2. The summed E-state index contributed by atoms with van der Waals surface area (Å²) in [5, 5.41) is 27.4. The zero-order valence-corrected chi connectivity index (χ0v) is 38.1. The number of alkyl halides is 1. The number of unbranched alkanes of at least 4 members (excludes halogenated alkanes) is 11. The first-order valence-electron chi connectivity index (χ1n) is 23.5. The second-order valence-corrected chi connectivity index (χ2v) is 17.1. The third-order valence-electron chi connectivity index (χ3n) is 12.3. The van der Waals surface area contributed by atoms with Gasteiger partial charge < -0.3 is 39.3 Å². The van der Waals surface area contributed by atoms with Gasteiger partial charge in [0.05, 0.1) is 24.1 Å². The maximum absolute atomic E-state index is 14.0. The van der Waals surface area contributed by atoms with Crippen molar-refractivity contribution in [3.63, 3.8) is 0 Å². The van der Waals surface area contributed by atoms with Crippen molar-refractivity contribution in [3.8, 4) is 11.5 Å². The molecule has 1 aromatic rings. The summed E-state index contributed by atoms with van der Waals surface area (Å²) < 4.78 is 25.8. The predicted octanol–water partition coefficient (Wildman–Crippen LogP) is 10.4. The Labute approximate surface area is 370 Å². The highest BCUT2D eigenvalue weighted by atomic mass is 35.5. The largest absolute Gasteiger partial charge is 0.459 e. The number of allylic oxidation sites excluding steroid dienone is 1. The minimum absolute atomic E-state index is 0.0312. The first-order valence-corrected chi connectivity index (χ1v) is 24.0. The molecule has 2 aliphatic carbocycles. The van der Waals surface area contributed by atoms with Crippen LogP contribution in [0.1, 0.15) is 148 Å². The lowest BCUT2D eigenvalue weighted by Crippen LogP contribution is -2.70. The number of aliphatic hydroxyl groups excluding tert-OH is 2. The Morgan fingerprint density at radius 1 is 0.967 bits per heavy atom. The molecule has 0 bridgehead atoms. The Hall–Kier alpha value is -3.32. The van der Waals surface area contributed by atoms with Gasteiger partial charge in [-0.05, 0) is 81.1 Å². The Balaban J connectivity index is 1.75. The fourth-order valence-electron chi connectivity index (χ4n) is 9.62. The van der Waals surface area contributed by atoms with Gasteiger partial charge in [0.2, 0.25) is 5.79 Å². The molecule has 3 N–H and O–H groups in total. The van der Waals surface area contributed by atoms with Gasteiger partial charge in [0.1, 0.15) is 30.8 Å². The molecule has 0 radical (unpaired) electrons. The lowest BCUT2D eigenvalue weighted by atomic mass is 9.55. The van der Waals surface area contributed by atoms with Crippen LogP contribution in [0.4, 0.5) is 9.59 Å². The first-order chi connectivity index (χ1) is 29.8. The van der Waals surface area contributed by atoms with E-state index in [0.717, 1.165) is 56.1 Å². The molecule has 0 saturated heterocycles. The highest BCUT2D eigenvalue weighted by Gasteiger charge is 2.65. The fraction of sp³-hybridized carbons (Fsp3) is 0.729. The van der Waals surface area contributed by atoms with Crippen molar-refractivity contribution in [3.05, 3.63) is 48.1 Å². The van der Waals surface area contributed by atoms with Crippen LogP contribution in [0, 0.1) is 17.8 Å². The topological polar surface area (TPSA) is 148 Å². The number of nitrogens with one attached hydrogen (secondary N) is 1. The fourth-order valence-corrected chi connectivity index (χ4v) is 9.70. The summed E-state index contributed by atoms with van der Waals surface area (Å²) in [6, 6.07) is 4.82. The zero-order chi connectivity index (χ0) is 43.9. The van der Waals surface area contributed by atoms with Crippen LogP contribution in [-0.2, 0) is 14.3 Å². The third kappa shape index (κ3) is 14.1. The van der Waals surface area contributed by atoms with Gasteiger partial charge in [-0.2, -0.15) is 0 Å². The zero-order valence-electron chi connectivity index (χ0n) is 37.4. The van der Waals surface area contributed by atoms with Crippen LogP contribution >= 0.6 is 11.6 Å². The molecule has 0 aromatic heterocycles. The van der Waals surface area contributed by atoms with E-state index >= 15 is 0 Å². The molecule has 1 fully saturated rings. The number of amides is 2. The average molecular weight is 875 g/mol. The molecule has 13 heteroatoms. The molecule has 0 spiro atoms. The quantitative estimate of drug-likeness (QED) is 0.0297. The summed E-state index contributed by atoms with van der Waals surface area (Å²) in [6.45, 7) is 11.8. The lowest BCUT2D eigenvalue weighted by Gasteiger charge is -2.59. The lowest BCUT2D eigenvalue weighted by molar-refractivity contribution is -0.255. The van der Waals surface area contributed by atoms with Crippen LogP contribution in [0.2, 0.25) is 0 Å². The Bertz CT molecular complexity index is 1540. The molecule has 344 valence electrons. The number of halogens is 1. The van der Waals surface area contributed by atoms with Crippen LogP contribution in [0.3, 0.4) is 0 Å². The molecule has 6 atom stereocenters. The number of oxime groups is 1. The van der Waals surface area contributed by atoms with Gasteiger partial charge in [-0.3, -0.25) is 4.90 Å². The maximum atomic E-state index is 14.0. The number of ether oxygens (including phenoxy) is 4. The third-order valence-corrected chi connectivity index (χ3v) is 12.5. The van der Waals surface area contributed by atoms with Gasteiger partial charge >= 0.3 is 12.2 Å². The van der Waals surface area contributed by atoms with Gasteiger partial charge in [0, 0.05) is 44.2 Å². The van der Waals surface area contributed by atoms with Crippen molar-refractivity contribution in [1.29, 1.82) is 0 Å². The summed E-state index contributed by atoms with van der Waals surface area (Å²) in [5.74, 6) is -0.900. The van der Waals surface area contributed by atoms with Crippen molar-refractivity contribution < 1.29 is 43.6 Å². The monoisotopic (exact) mass is 874 g/mol. The van der Waals surface area contributed by atoms with E-state index in [-0.39, 0.29) is 56.5 Å². The number of benzene rings is 1. The highest BCUT2D eigenvalue weighted by Crippen LogP contribution is 2.62. The molecule has 1 aliphatic heterocycles. The number of hydrogen-bond acceptors (Lipinski definition) is 10. The molecule has 12 nitrogen and oxygen atoms in total.